The summed E-state index contributed by atoms with van der Waals surface area (Å²) in [4.78, 5) is 0. The van der Waals surface area contributed by atoms with Crippen molar-refractivity contribution < 1.29 is 8.78 Å². The molecule has 0 amide bonds. The lowest BCUT2D eigenvalue weighted by Gasteiger charge is -2.21. The van der Waals surface area contributed by atoms with E-state index in [0.29, 0.717) is 0 Å². The van der Waals surface area contributed by atoms with Crippen molar-refractivity contribution in [3.8, 4) is 0 Å². The predicted octanol–water partition coefficient (Wildman–Crippen LogP) is 2.78. The molecular formula is C9H10ClF2N. The molecule has 0 radical (unpaired) electrons. The smallest absolute Gasteiger partial charge is 0.289 e. The van der Waals surface area contributed by atoms with Gasteiger partial charge in [-0.25, -0.2) is 0 Å². The van der Waals surface area contributed by atoms with E-state index in [9.17, 15) is 8.78 Å². The second-order valence-electron chi connectivity index (χ2n) is 2.89. The lowest BCUT2D eigenvalue weighted by Crippen LogP contribution is -2.36. The molecule has 0 heterocycles. The predicted molar refractivity (Wildman–Crippen MR) is 49.0 cm³/mol. The average molecular weight is 206 g/mol. The molecule has 1 atom stereocenters. The molecule has 0 saturated heterocycles. The number of alkyl halides is 2. The van der Waals surface area contributed by atoms with Crippen LogP contribution in [0.15, 0.2) is 24.3 Å². The van der Waals surface area contributed by atoms with Gasteiger partial charge >= 0.3 is 0 Å². The second-order valence-corrected chi connectivity index (χ2v) is 3.30. The van der Waals surface area contributed by atoms with Crippen LogP contribution in [0.3, 0.4) is 0 Å². The van der Waals surface area contributed by atoms with Crippen LogP contribution in [-0.4, -0.2) is 6.04 Å². The summed E-state index contributed by atoms with van der Waals surface area (Å²) in [5, 5.41) is 0.0461. The van der Waals surface area contributed by atoms with Gasteiger partial charge in [-0.1, -0.05) is 29.8 Å². The summed E-state index contributed by atoms with van der Waals surface area (Å²) in [7, 11) is 0. The van der Waals surface area contributed by atoms with E-state index in [1.54, 1.807) is 6.07 Å². The SMILES string of the molecule is CC(N)C(F)(F)c1ccccc1Cl. The van der Waals surface area contributed by atoms with Gasteiger partial charge in [0, 0.05) is 10.6 Å². The maximum absolute atomic E-state index is 13.3. The topological polar surface area (TPSA) is 26.0 Å². The minimum Gasteiger partial charge on any atom is -0.323 e. The number of benzene rings is 1. The van der Waals surface area contributed by atoms with Gasteiger partial charge < -0.3 is 5.73 Å². The summed E-state index contributed by atoms with van der Waals surface area (Å²) >= 11 is 5.62. The zero-order valence-corrected chi connectivity index (χ0v) is 7.85. The van der Waals surface area contributed by atoms with E-state index in [0.717, 1.165) is 0 Å². The van der Waals surface area contributed by atoms with Crippen LogP contribution in [-0.2, 0) is 5.92 Å². The summed E-state index contributed by atoms with van der Waals surface area (Å²) in [6.07, 6.45) is 0. The van der Waals surface area contributed by atoms with Gasteiger partial charge in [-0.2, -0.15) is 8.78 Å². The molecule has 0 spiro atoms. The summed E-state index contributed by atoms with van der Waals surface area (Å²) in [5.41, 5.74) is 4.95. The highest BCUT2D eigenvalue weighted by Gasteiger charge is 2.37. The van der Waals surface area contributed by atoms with Crippen LogP contribution in [0.5, 0.6) is 0 Å². The highest BCUT2D eigenvalue weighted by atomic mass is 35.5. The molecule has 0 aliphatic rings. The highest BCUT2D eigenvalue weighted by Crippen LogP contribution is 2.35. The minimum absolute atomic E-state index is 0.0461. The fourth-order valence-corrected chi connectivity index (χ4v) is 1.24. The highest BCUT2D eigenvalue weighted by molar-refractivity contribution is 6.31. The van der Waals surface area contributed by atoms with Gasteiger partial charge in [0.15, 0.2) is 0 Å². The van der Waals surface area contributed by atoms with E-state index in [2.05, 4.69) is 0 Å². The van der Waals surface area contributed by atoms with Crippen LogP contribution in [0.4, 0.5) is 8.78 Å². The molecule has 1 aromatic rings. The first-order valence-electron chi connectivity index (χ1n) is 3.84. The maximum Gasteiger partial charge on any atom is 0.289 e. The quantitative estimate of drug-likeness (QED) is 0.790. The molecule has 13 heavy (non-hydrogen) atoms. The van der Waals surface area contributed by atoms with Crippen LogP contribution in [0.1, 0.15) is 12.5 Å². The third-order valence-electron chi connectivity index (χ3n) is 1.80. The normalized spacial score (nSPS) is 14.2. The third-order valence-corrected chi connectivity index (χ3v) is 2.13. The fraction of sp³-hybridized carbons (Fsp3) is 0.333. The Labute approximate surface area is 80.5 Å². The van der Waals surface area contributed by atoms with Crippen molar-refractivity contribution in [3.05, 3.63) is 34.9 Å². The molecule has 0 saturated carbocycles. The first kappa shape index (κ1) is 10.4. The van der Waals surface area contributed by atoms with Gasteiger partial charge in [-0.15, -0.1) is 0 Å². The molecular weight excluding hydrogens is 196 g/mol. The summed E-state index contributed by atoms with van der Waals surface area (Å²) < 4.78 is 26.7. The van der Waals surface area contributed by atoms with E-state index in [1.165, 1.54) is 25.1 Å². The Morgan fingerprint density at radius 1 is 1.38 bits per heavy atom. The van der Waals surface area contributed by atoms with Crippen LogP contribution < -0.4 is 5.73 Å². The van der Waals surface area contributed by atoms with E-state index < -0.39 is 12.0 Å². The van der Waals surface area contributed by atoms with Crippen molar-refractivity contribution in [3.63, 3.8) is 0 Å². The van der Waals surface area contributed by atoms with Gasteiger partial charge in [0.25, 0.3) is 5.92 Å². The molecule has 0 bridgehead atoms. The van der Waals surface area contributed by atoms with Gasteiger partial charge in [-0.3, -0.25) is 0 Å². The number of hydrogen-bond acceptors (Lipinski definition) is 1. The van der Waals surface area contributed by atoms with Crippen molar-refractivity contribution in [2.75, 3.05) is 0 Å². The second kappa shape index (κ2) is 3.60. The number of nitrogens with two attached hydrogens (primary N) is 1. The summed E-state index contributed by atoms with van der Waals surface area (Å²) in [6.45, 7) is 1.25. The Hall–Kier alpha value is -0.670. The van der Waals surface area contributed by atoms with Crippen LogP contribution >= 0.6 is 11.6 Å². The monoisotopic (exact) mass is 205 g/mol. The summed E-state index contributed by atoms with van der Waals surface area (Å²) in [6, 6.07) is 4.58. The number of rotatable bonds is 2. The van der Waals surface area contributed by atoms with Gasteiger partial charge in [0.2, 0.25) is 0 Å². The van der Waals surface area contributed by atoms with E-state index in [1.807, 2.05) is 0 Å². The van der Waals surface area contributed by atoms with E-state index in [-0.39, 0.29) is 10.6 Å². The molecule has 0 aromatic heterocycles. The number of hydrogen-bond donors (Lipinski definition) is 1. The van der Waals surface area contributed by atoms with Crippen molar-refractivity contribution in [2.45, 2.75) is 18.9 Å². The van der Waals surface area contributed by atoms with Crippen molar-refractivity contribution >= 4 is 11.6 Å². The molecule has 1 rings (SSSR count). The van der Waals surface area contributed by atoms with E-state index >= 15 is 0 Å². The zero-order chi connectivity index (χ0) is 10.1. The Morgan fingerprint density at radius 2 is 1.92 bits per heavy atom. The van der Waals surface area contributed by atoms with Crippen LogP contribution in [0.25, 0.3) is 0 Å². The lowest BCUT2D eigenvalue weighted by molar-refractivity contribution is -0.0255. The first-order valence-corrected chi connectivity index (χ1v) is 4.22. The lowest BCUT2D eigenvalue weighted by atomic mass is 10.0. The molecule has 1 unspecified atom stereocenters. The van der Waals surface area contributed by atoms with E-state index in [4.69, 9.17) is 17.3 Å². The van der Waals surface area contributed by atoms with Gasteiger partial charge in [0.1, 0.15) is 0 Å². The molecule has 4 heteroatoms. The Kier molecular flexibility index (Phi) is 2.88. The molecule has 2 N–H and O–H groups in total. The minimum atomic E-state index is -3.07. The largest absolute Gasteiger partial charge is 0.323 e. The van der Waals surface area contributed by atoms with Gasteiger partial charge in [0.05, 0.1) is 6.04 Å². The molecule has 0 fully saturated rings. The third kappa shape index (κ3) is 1.98. The standard InChI is InChI=1S/C9H10ClF2N/c1-6(13)9(11,12)7-4-2-3-5-8(7)10/h2-6H,13H2,1H3. The molecule has 0 aliphatic carbocycles. The molecule has 1 nitrogen and oxygen atoms in total. The van der Waals surface area contributed by atoms with Gasteiger partial charge in [-0.05, 0) is 13.0 Å². The maximum atomic E-state index is 13.3. The molecule has 1 aromatic carbocycles. The molecule has 72 valence electrons. The van der Waals surface area contributed by atoms with Crippen molar-refractivity contribution in [2.24, 2.45) is 5.73 Å². The Balaban J connectivity index is 3.14. The zero-order valence-electron chi connectivity index (χ0n) is 7.10. The van der Waals surface area contributed by atoms with Crippen molar-refractivity contribution in [1.29, 1.82) is 0 Å². The Morgan fingerprint density at radius 3 is 2.38 bits per heavy atom. The molecule has 0 aliphatic heterocycles. The van der Waals surface area contributed by atoms with Crippen molar-refractivity contribution in [1.82, 2.24) is 0 Å². The average Bonchev–Trinajstić information content (AvgIpc) is 2.04. The Bertz CT molecular complexity index is 299. The number of halogens is 3. The van der Waals surface area contributed by atoms with Crippen LogP contribution in [0.2, 0.25) is 5.02 Å². The summed E-state index contributed by atoms with van der Waals surface area (Å²) in [5.74, 6) is -3.07. The first-order chi connectivity index (χ1) is 5.96. The fourth-order valence-electron chi connectivity index (χ4n) is 0.977. The van der Waals surface area contributed by atoms with Crippen LogP contribution in [0, 0.1) is 0 Å².